The van der Waals surface area contributed by atoms with Gasteiger partial charge in [0.05, 0.1) is 17.3 Å². The van der Waals surface area contributed by atoms with Crippen molar-refractivity contribution in [3.63, 3.8) is 0 Å². The number of hydrogen-bond acceptors (Lipinski definition) is 3. The third-order valence-electron chi connectivity index (χ3n) is 3.72. The van der Waals surface area contributed by atoms with Gasteiger partial charge in [0.2, 0.25) is 0 Å². The first-order valence-corrected chi connectivity index (χ1v) is 7.46. The smallest absolute Gasteiger partial charge is 0.0808 e. The van der Waals surface area contributed by atoms with Gasteiger partial charge in [-0.05, 0) is 40.2 Å². The molecule has 1 fully saturated rings. The fourth-order valence-electron chi connectivity index (χ4n) is 3.24. The maximum atomic E-state index is 10.2. The number of nitrogens with zero attached hydrogens (tertiary/aromatic N) is 1. The van der Waals surface area contributed by atoms with Crippen LogP contribution >= 0.6 is 0 Å². The largest absolute Gasteiger partial charge is 0.388 e. The van der Waals surface area contributed by atoms with Gasteiger partial charge >= 0.3 is 0 Å². The van der Waals surface area contributed by atoms with Crippen molar-refractivity contribution in [3.8, 4) is 0 Å². The summed E-state index contributed by atoms with van der Waals surface area (Å²) in [5, 5.41) is 10.2. The molecule has 1 N–H and O–H groups in total. The zero-order valence-corrected chi connectivity index (χ0v) is 13.3. The lowest BCUT2D eigenvalue weighted by Gasteiger charge is -2.48. The Labute approximate surface area is 122 Å². The third kappa shape index (κ3) is 3.33. The molecule has 0 bridgehead atoms. The highest BCUT2D eigenvalue weighted by molar-refractivity contribution is 5.55. The summed E-state index contributed by atoms with van der Waals surface area (Å²) < 4.78 is 6.14. The van der Waals surface area contributed by atoms with Crippen LogP contribution in [0.4, 0.5) is 5.69 Å². The van der Waals surface area contributed by atoms with Crippen LogP contribution in [0.3, 0.4) is 0 Å². The zero-order chi connectivity index (χ0) is 15.0. The Morgan fingerprint density at radius 1 is 1.15 bits per heavy atom. The van der Waals surface area contributed by atoms with E-state index in [2.05, 4.69) is 38.7 Å². The first-order chi connectivity index (χ1) is 9.24. The molecule has 112 valence electrons. The minimum Gasteiger partial charge on any atom is -0.388 e. The Morgan fingerprint density at radius 2 is 1.70 bits per heavy atom. The highest BCUT2D eigenvalue weighted by Crippen LogP contribution is 2.35. The first-order valence-electron chi connectivity index (χ1n) is 7.46. The fraction of sp³-hybridized carbons (Fsp3) is 0.647. The van der Waals surface area contributed by atoms with E-state index in [0.717, 1.165) is 30.8 Å². The minimum atomic E-state index is -0.403. The number of benzene rings is 1. The van der Waals surface area contributed by atoms with Crippen molar-refractivity contribution in [3.05, 3.63) is 29.8 Å². The summed E-state index contributed by atoms with van der Waals surface area (Å²) in [7, 11) is 0. The van der Waals surface area contributed by atoms with Crippen LogP contribution in [0.2, 0.25) is 0 Å². The average Bonchev–Trinajstić information content (AvgIpc) is 2.34. The second-order valence-electron chi connectivity index (χ2n) is 6.96. The molecule has 2 rings (SSSR count). The van der Waals surface area contributed by atoms with E-state index in [1.807, 2.05) is 25.1 Å². The van der Waals surface area contributed by atoms with Crippen molar-refractivity contribution >= 4 is 5.69 Å². The fourth-order valence-corrected chi connectivity index (χ4v) is 3.24. The lowest BCUT2D eigenvalue weighted by molar-refractivity contribution is -0.133. The third-order valence-corrected chi connectivity index (χ3v) is 3.72. The molecule has 1 aromatic carbocycles. The van der Waals surface area contributed by atoms with E-state index in [4.69, 9.17) is 4.74 Å². The van der Waals surface area contributed by atoms with Gasteiger partial charge in [-0.1, -0.05) is 25.1 Å². The maximum Gasteiger partial charge on any atom is 0.0808 e. The van der Waals surface area contributed by atoms with E-state index in [1.165, 1.54) is 0 Å². The molecule has 1 aliphatic rings. The van der Waals surface area contributed by atoms with Gasteiger partial charge < -0.3 is 14.7 Å². The van der Waals surface area contributed by atoms with E-state index in [9.17, 15) is 5.11 Å². The van der Waals surface area contributed by atoms with Gasteiger partial charge in [-0.3, -0.25) is 0 Å². The van der Waals surface area contributed by atoms with Crippen LogP contribution in [0.5, 0.6) is 0 Å². The van der Waals surface area contributed by atoms with Gasteiger partial charge in [0.1, 0.15) is 0 Å². The number of aliphatic hydroxyl groups excluding tert-OH is 1. The number of anilines is 1. The molecule has 20 heavy (non-hydrogen) atoms. The highest BCUT2D eigenvalue weighted by atomic mass is 16.5. The summed E-state index contributed by atoms with van der Waals surface area (Å²) in [6.45, 7) is 12.2. The highest BCUT2D eigenvalue weighted by Gasteiger charge is 2.38. The number of rotatable bonds is 3. The number of aliphatic hydroxyl groups is 1. The number of para-hydroxylation sites is 1. The molecule has 1 saturated heterocycles. The quantitative estimate of drug-likeness (QED) is 0.917. The van der Waals surface area contributed by atoms with Gasteiger partial charge in [-0.15, -0.1) is 0 Å². The molecule has 0 radical (unpaired) electrons. The van der Waals surface area contributed by atoms with Crippen molar-refractivity contribution in [1.82, 2.24) is 0 Å². The minimum absolute atomic E-state index is 0.188. The topological polar surface area (TPSA) is 32.7 Å². The second-order valence-corrected chi connectivity index (χ2v) is 6.96. The molecule has 0 saturated carbocycles. The van der Waals surface area contributed by atoms with Crippen LogP contribution in [0.15, 0.2) is 24.3 Å². The molecule has 0 aliphatic carbocycles. The van der Waals surface area contributed by atoms with Crippen LogP contribution < -0.4 is 4.90 Å². The summed E-state index contributed by atoms with van der Waals surface area (Å²) in [6.07, 6.45) is 0.328. The molecule has 1 aliphatic heterocycles. The Kier molecular flexibility index (Phi) is 4.12. The zero-order valence-electron chi connectivity index (χ0n) is 13.3. The Balaban J connectivity index is 2.36. The van der Waals surface area contributed by atoms with Crippen LogP contribution in [-0.4, -0.2) is 29.4 Å². The molecule has 0 amide bonds. The maximum absolute atomic E-state index is 10.2. The number of morpholine rings is 1. The van der Waals surface area contributed by atoms with Gasteiger partial charge in [0.25, 0.3) is 0 Å². The second kappa shape index (κ2) is 5.38. The molecule has 0 spiro atoms. The van der Waals surface area contributed by atoms with Crippen molar-refractivity contribution in [1.29, 1.82) is 0 Å². The predicted octanol–water partition coefficient (Wildman–Crippen LogP) is 3.52. The molecule has 1 aromatic rings. The van der Waals surface area contributed by atoms with Crippen molar-refractivity contribution in [2.24, 2.45) is 0 Å². The van der Waals surface area contributed by atoms with E-state index < -0.39 is 6.10 Å². The lowest BCUT2D eigenvalue weighted by Crippen LogP contribution is -2.57. The van der Waals surface area contributed by atoms with Gasteiger partial charge in [0, 0.05) is 24.3 Å². The van der Waals surface area contributed by atoms with Crippen LogP contribution in [0, 0.1) is 0 Å². The Hall–Kier alpha value is -1.06. The number of ether oxygens (including phenoxy) is 1. The molecule has 1 atom stereocenters. The van der Waals surface area contributed by atoms with Gasteiger partial charge in [0.15, 0.2) is 0 Å². The molecule has 0 aromatic heterocycles. The predicted molar refractivity (Wildman–Crippen MR) is 83.1 cm³/mol. The Bertz CT molecular complexity index is 452. The van der Waals surface area contributed by atoms with Crippen molar-refractivity contribution < 1.29 is 9.84 Å². The molecule has 3 heteroatoms. The summed E-state index contributed by atoms with van der Waals surface area (Å²) in [5.74, 6) is 0. The summed E-state index contributed by atoms with van der Waals surface area (Å²) in [5.41, 5.74) is 1.77. The molecular weight excluding hydrogens is 250 g/mol. The molecular formula is C17H27NO2. The van der Waals surface area contributed by atoms with Crippen LogP contribution in [0.1, 0.15) is 52.7 Å². The number of hydrogen-bond donors (Lipinski definition) is 1. The van der Waals surface area contributed by atoms with Crippen molar-refractivity contribution in [2.75, 3.05) is 18.0 Å². The van der Waals surface area contributed by atoms with Crippen LogP contribution in [0.25, 0.3) is 0 Å². The monoisotopic (exact) mass is 277 g/mol. The summed E-state index contributed by atoms with van der Waals surface area (Å²) >= 11 is 0. The van der Waals surface area contributed by atoms with E-state index in [-0.39, 0.29) is 11.2 Å². The van der Waals surface area contributed by atoms with Crippen LogP contribution in [-0.2, 0) is 4.74 Å². The van der Waals surface area contributed by atoms with Gasteiger partial charge in [-0.2, -0.15) is 0 Å². The first kappa shape index (κ1) is 15.3. The van der Waals surface area contributed by atoms with E-state index in [0.29, 0.717) is 0 Å². The molecule has 1 heterocycles. The van der Waals surface area contributed by atoms with Crippen molar-refractivity contribution in [2.45, 2.75) is 58.3 Å². The molecule has 0 unspecified atom stereocenters. The normalized spacial score (nSPS) is 22.6. The SMILES string of the molecule is CC[C@@H](O)c1ccccc1N1CC(C)(C)OC(C)(C)C1. The average molecular weight is 277 g/mol. The lowest BCUT2D eigenvalue weighted by atomic mass is 9.96. The van der Waals surface area contributed by atoms with E-state index in [1.54, 1.807) is 0 Å². The molecule has 3 nitrogen and oxygen atoms in total. The summed E-state index contributed by atoms with van der Waals surface area (Å²) in [6, 6.07) is 8.16. The summed E-state index contributed by atoms with van der Waals surface area (Å²) in [4.78, 5) is 2.34. The van der Waals surface area contributed by atoms with E-state index >= 15 is 0 Å². The Morgan fingerprint density at radius 3 is 2.25 bits per heavy atom. The standard InChI is InChI=1S/C17H27NO2/c1-6-15(19)13-9-7-8-10-14(13)18-11-16(2,3)20-17(4,5)12-18/h7-10,15,19H,6,11-12H2,1-5H3/t15-/m1/s1. The van der Waals surface area contributed by atoms with Gasteiger partial charge in [-0.25, -0.2) is 0 Å².